The molecule has 1 aromatic heterocycles. The van der Waals surface area contributed by atoms with Crippen LogP contribution >= 0.6 is 11.3 Å². The van der Waals surface area contributed by atoms with E-state index in [1.54, 1.807) is 27.7 Å². The lowest BCUT2D eigenvalue weighted by atomic mass is 10.1. The Morgan fingerprint density at radius 3 is 2.55 bits per heavy atom. The number of carbonyl (C=O) groups is 2. The first-order valence-corrected chi connectivity index (χ1v) is 6.86. The third-order valence-corrected chi connectivity index (χ3v) is 3.48. The van der Waals surface area contributed by atoms with Crippen LogP contribution in [0.5, 0.6) is 0 Å². The van der Waals surface area contributed by atoms with Crippen LogP contribution in [0.3, 0.4) is 0 Å². The second-order valence-corrected chi connectivity index (χ2v) is 6.25. The van der Waals surface area contributed by atoms with Gasteiger partial charge in [-0.05, 0) is 27.7 Å². The predicted octanol–water partition coefficient (Wildman–Crippen LogP) is 1.93. The maximum atomic E-state index is 11.6. The first-order chi connectivity index (χ1) is 9.14. The highest BCUT2D eigenvalue weighted by Gasteiger charge is 2.25. The van der Waals surface area contributed by atoms with Crippen LogP contribution in [0.15, 0.2) is 0 Å². The summed E-state index contributed by atoms with van der Waals surface area (Å²) >= 11 is 1.09. The number of carboxylic acid groups (broad SMARTS) is 1. The van der Waals surface area contributed by atoms with Gasteiger partial charge in [0.05, 0.1) is 5.69 Å². The SMILES string of the molecule is Cc1nc(NC(=O)OC(C)(C)C)sc1C(CN)C(=O)O. The Morgan fingerprint density at radius 2 is 2.10 bits per heavy atom. The summed E-state index contributed by atoms with van der Waals surface area (Å²) in [5.41, 5.74) is 5.38. The van der Waals surface area contributed by atoms with E-state index in [0.29, 0.717) is 15.7 Å². The van der Waals surface area contributed by atoms with Crippen molar-refractivity contribution in [1.82, 2.24) is 4.98 Å². The number of aliphatic carboxylic acids is 1. The van der Waals surface area contributed by atoms with E-state index in [-0.39, 0.29) is 6.54 Å². The van der Waals surface area contributed by atoms with E-state index in [1.807, 2.05) is 0 Å². The number of anilines is 1. The van der Waals surface area contributed by atoms with Crippen molar-refractivity contribution < 1.29 is 19.4 Å². The van der Waals surface area contributed by atoms with E-state index >= 15 is 0 Å². The number of nitrogens with one attached hydrogen (secondary N) is 1. The number of rotatable bonds is 4. The minimum atomic E-state index is -1.01. The van der Waals surface area contributed by atoms with Gasteiger partial charge in [-0.25, -0.2) is 9.78 Å². The number of ether oxygens (including phenoxy) is 1. The molecule has 1 heterocycles. The molecule has 0 aliphatic rings. The van der Waals surface area contributed by atoms with Crippen LogP contribution in [0.25, 0.3) is 0 Å². The van der Waals surface area contributed by atoms with Crippen molar-refractivity contribution in [3.63, 3.8) is 0 Å². The lowest BCUT2D eigenvalue weighted by molar-refractivity contribution is -0.138. The minimum Gasteiger partial charge on any atom is -0.481 e. The van der Waals surface area contributed by atoms with Gasteiger partial charge >= 0.3 is 12.1 Å². The molecule has 1 atom stereocenters. The van der Waals surface area contributed by atoms with Gasteiger partial charge in [0.2, 0.25) is 0 Å². The Morgan fingerprint density at radius 1 is 1.50 bits per heavy atom. The molecule has 1 unspecified atom stereocenters. The summed E-state index contributed by atoms with van der Waals surface area (Å²) in [6, 6.07) is 0. The highest BCUT2D eigenvalue weighted by molar-refractivity contribution is 7.16. The average molecular weight is 301 g/mol. The molecule has 1 aromatic rings. The molecule has 0 fully saturated rings. The first-order valence-electron chi connectivity index (χ1n) is 6.04. The van der Waals surface area contributed by atoms with Crippen molar-refractivity contribution in [2.45, 2.75) is 39.2 Å². The third-order valence-electron chi connectivity index (χ3n) is 2.29. The molecular weight excluding hydrogens is 282 g/mol. The zero-order valence-electron chi connectivity index (χ0n) is 11.9. The average Bonchev–Trinajstić information content (AvgIpc) is 2.57. The zero-order valence-corrected chi connectivity index (χ0v) is 12.7. The first kappa shape index (κ1) is 16.4. The molecule has 0 radical (unpaired) electrons. The summed E-state index contributed by atoms with van der Waals surface area (Å²) in [5, 5.41) is 11.9. The number of aryl methyl sites for hydroxylation is 1. The van der Waals surface area contributed by atoms with Crippen LogP contribution in [-0.4, -0.2) is 34.3 Å². The van der Waals surface area contributed by atoms with Gasteiger partial charge in [0.25, 0.3) is 0 Å². The lowest BCUT2D eigenvalue weighted by Gasteiger charge is -2.18. The number of hydrogen-bond acceptors (Lipinski definition) is 6. The maximum absolute atomic E-state index is 11.6. The van der Waals surface area contributed by atoms with Crippen molar-refractivity contribution in [3.05, 3.63) is 10.6 Å². The van der Waals surface area contributed by atoms with Crippen LogP contribution in [0.1, 0.15) is 37.3 Å². The molecule has 20 heavy (non-hydrogen) atoms. The summed E-state index contributed by atoms with van der Waals surface area (Å²) in [5.74, 6) is -1.83. The van der Waals surface area contributed by atoms with Gasteiger partial charge in [0.1, 0.15) is 11.5 Å². The molecule has 0 aliphatic heterocycles. The number of thiazole rings is 1. The third kappa shape index (κ3) is 4.46. The van der Waals surface area contributed by atoms with Crippen LogP contribution in [0.2, 0.25) is 0 Å². The molecule has 7 nitrogen and oxygen atoms in total. The molecule has 0 spiro atoms. The summed E-state index contributed by atoms with van der Waals surface area (Å²) in [6.45, 7) is 6.90. The van der Waals surface area contributed by atoms with Gasteiger partial charge in [-0.1, -0.05) is 0 Å². The molecule has 0 aromatic carbocycles. The summed E-state index contributed by atoms with van der Waals surface area (Å²) < 4.78 is 5.10. The molecule has 1 rings (SSSR count). The molecule has 0 aliphatic carbocycles. The van der Waals surface area contributed by atoms with E-state index in [1.165, 1.54) is 0 Å². The van der Waals surface area contributed by atoms with Gasteiger partial charge in [0, 0.05) is 11.4 Å². The Balaban J connectivity index is 2.85. The van der Waals surface area contributed by atoms with Crippen LogP contribution < -0.4 is 11.1 Å². The number of aromatic nitrogens is 1. The Hall–Kier alpha value is -1.67. The highest BCUT2D eigenvalue weighted by atomic mass is 32.1. The second kappa shape index (κ2) is 6.19. The predicted molar refractivity (Wildman–Crippen MR) is 76.1 cm³/mol. The Bertz CT molecular complexity index is 507. The largest absolute Gasteiger partial charge is 0.481 e. The van der Waals surface area contributed by atoms with E-state index in [0.717, 1.165) is 11.3 Å². The number of nitrogens with two attached hydrogens (primary N) is 1. The number of hydrogen-bond donors (Lipinski definition) is 3. The molecular formula is C12H19N3O4S. The smallest absolute Gasteiger partial charge is 0.413 e. The summed E-state index contributed by atoms with van der Waals surface area (Å²) in [4.78, 5) is 27.4. The van der Waals surface area contributed by atoms with E-state index in [2.05, 4.69) is 10.3 Å². The quantitative estimate of drug-likeness (QED) is 0.782. The van der Waals surface area contributed by atoms with Crippen LogP contribution in [-0.2, 0) is 9.53 Å². The number of nitrogens with zero attached hydrogens (tertiary/aromatic N) is 1. The molecule has 8 heteroatoms. The molecule has 0 saturated carbocycles. The van der Waals surface area contributed by atoms with Crippen molar-refractivity contribution >= 4 is 28.5 Å². The second-order valence-electron chi connectivity index (χ2n) is 5.22. The Kier molecular flexibility index (Phi) is 5.07. The molecule has 0 bridgehead atoms. The monoisotopic (exact) mass is 301 g/mol. The number of amides is 1. The van der Waals surface area contributed by atoms with Crippen molar-refractivity contribution in [2.24, 2.45) is 5.73 Å². The zero-order chi connectivity index (χ0) is 15.5. The fourth-order valence-electron chi connectivity index (χ4n) is 1.50. The normalized spacial score (nSPS) is 12.8. The van der Waals surface area contributed by atoms with Gasteiger partial charge in [-0.3, -0.25) is 10.1 Å². The molecule has 112 valence electrons. The van der Waals surface area contributed by atoms with Crippen molar-refractivity contribution in [1.29, 1.82) is 0 Å². The van der Waals surface area contributed by atoms with E-state index in [4.69, 9.17) is 15.6 Å². The van der Waals surface area contributed by atoms with E-state index in [9.17, 15) is 9.59 Å². The topological polar surface area (TPSA) is 115 Å². The van der Waals surface area contributed by atoms with Crippen molar-refractivity contribution in [3.8, 4) is 0 Å². The lowest BCUT2D eigenvalue weighted by Crippen LogP contribution is -2.27. The summed E-state index contributed by atoms with van der Waals surface area (Å²) in [6.07, 6.45) is -0.627. The minimum absolute atomic E-state index is 0.0236. The Labute approximate surface area is 121 Å². The van der Waals surface area contributed by atoms with E-state index < -0.39 is 23.6 Å². The number of carboxylic acids is 1. The fourth-order valence-corrected chi connectivity index (χ4v) is 2.55. The van der Waals surface area contributed by atoms with Gasteiger partial charge in [-0.2, -0.15) is 0 Å². The molecule has 4 N–H and O–H groups in total. The highest BCUT2D eigenvalue weighted by Crippen LogP contribution is 2.29. The van der Waals surface area contributed by atoms with Gasteiger partial charge in [0.15, 0.2) is 5.13 Å². The standard InChI is InChI=1S/C12H19N3O4S/c1-6-8(7(5-13)9(16)17)20-10(14-6)15-11(18)19-12(2,3)4/h7H,5,13H2,1-4H3,(H,16,17)(H,14,15,18). The summed E-state index contributed by atoms with van der Waals surface area (Å²) in [7, 11) is 0. The van der Waals surface area contributed by atoms with Gasteiger partial charge in [-0.15, -0.1) is 11.3 Å². The molecule has 0 saturated heterocycles. The number of carbonyl (C=O) groups excluding carboxylic acids is 1. The molecule has 1 amide bonds. The van der Waals surface area contributed by atoms with Crippen molar-refractivity contribution in [2.75, 3.05) is 11.9 Å². The maximum Gasteiger partial charge on any atom is 0.413 e. The van der Waals surface area contributed by atoms with Crippen LogP contribution in [0.4, 0.5) is 9.93 Å². The van der Waals surface area contributed by atoms with Gasteiger partial charge < -0.3 is 15.6 Å². The van der Waals surface area contributed by atoms with Crippen LogP contribution in [0, 0.1) is 6.92 Å². The fraction of sp³-hybridized carbons (Fsp3) is 0.583.